The molecular formula is C7H9BrN2OS. The highest BCUT2D eigenvalue weighted by Gasteiger charge is 2.06. The van der Waals surface area contributed by atoms with E-state index in [2.05, 4.69) is 26.2 Å². The van der Waals surface area contributed by atoms with Crippen LogP contribution in [0.3, 0.4) is 0 Å². The normalized spacial score (nSPS) is 9.83. The number of carbonyl (C=O) groups excluding carboxylic acids is 1. The van der Waals surface area contributed by atoms with Crippen LogP contribution in [0.25, 0.3) is 0 Å². The van der Waals surface area contributed by atoms with Crippen LogP contribution in [0, 0.1) is 6.92 Å². The quantitative estimate of drug-likeness (QED) is 0.826. The van der Waals surface area contributed by atoms with E-state index < -0.39 is 0 Å². The molecule has 5 heteroatoms. The molecule has 66 valence electrons. The molecule has 0 fully saturated rings. The van der Waals surface area contributed by atoms with Crippen LogP contribution in [0.2, 0.25) is 0 Å². The molecule has 0 saturated carbocycles. The first-order chi connectivity index (χ1) is 5.74. The smallest absolute Gasteiger partial charge is 0.270 e. The van der Waals surface area contributed by atoms with E-state index in [9.17, 15) is 4.79 Å². The summed E-state index contributed by atoms with van der Waals surface area (Å²) >= 11 is 4.71. The number of nitrogens with one attached hydrogen (secondary N) is 1. The topological polar surface area (TPSA) is 42.0 Å². The molecule has 0 radical (unpaired) electrons. The van der Waals surface area contributed by atoms with Crippen LogP contribution in [-0.4, -0.2) is 22.8 Å². The highest BCUT2D eigenvalue weighted by molar-refractivity contribution is 9.09. The molecule has 1 aromatic rings. The minimum Gasteiger partial charge on any atom is -0.350 e. The minimum absolute atomic E-state index is 0.0983. The number of aromatic nitrogens is 1. The Morgan fingerprint density at radius 2 is 2.58 bits per heavy atom. The third-order valence-electron chi connectivity index (χ3n) is 1.23. The molecule has 0 aliphatic carbocycles. The Hall–Kier alpha value is -0.420. The van der Waals surface area contributed by atoms with E-state index in [0.29, 0.717) is 12.2 Å². The zero-order valence-corrected chi connectivity index (χ0v) is 9.04. The fourth-order valence-corrected chi connectivity index (χ4v) is 1.51. The third kappa shape index (κ3) is 2.57. The molecule has 0 aromatic carbocycles. The molecule has 1 rings (SSSR count). The predicted molar refractivity (Wildman–Crippen MR) is 53.0 cm³/mol. The maximum Gasteiger partial charge on any atom is 0.270 e. The van der Waals surface area contributed by atoms with Crippen molar-refractivity contribution < 1.29 is 4.79 Å². The fourth-order valence-electron chi connectivity index (χ4n) is 0.719. The first-order valence-electron chi connectivity index (χ1n) is 3.50. The van der Waals surface area contributed by atoms with Gasteiger partial charge in [-0.15, -0.1) is 11.3 Å². The molecule has 0 aliphatic heterocycles. The van der Waals surface area contributed by atoms with Gasteiger partial charge in [0.1, 0.15) is 5.69 Å². The average Bonchev–Trinajstić information content (AvgIpc) is 2.47. The summed E-state index contributed by atoms with van der Waals surface area (Å²) in [7, 11) is 0. The highest BCUT2D eigenvalue weighted by atomic mass is 79.9. The van der Waals surface area contributed by atoms with Gasteiger partial charge in [0.2, 0.25) is 0 Å². The molecule has 12 heavy (non-hydrogen) atoms. The number of thiazole rings is 1. The number of halogens is 1. The van der Waals surface area contributed by atoms with Crippen LogP contribution >= 0.6 is 27.3 Å². The van der Waals surface area contributed by atoms with Gasteiger partial charge in [-0.1, -0.05) is 15.9 Å². The van der Waals surface area contributed by atoms with Gasteiger partial charge < -0.3 is 5.32 Å². The molecular weight excluding hydrogens is 240 g/mol. The van der Waals surface area contributed by atoms with Gasteiger partial charge in [0, 0.05) is 17.3 Å². The van der Waals surface area contributed by atoms with Crippen LogP contribution in [0.5, 0.6) is 0 Å². The summed E-state index contributed by atoms with van der Waals surface area (Å²) < 4.78 is 0. The number of carbonyl (C=O) groups is 1. The Kier molecular flexibility index (Phi) is 3.68. The monoisotopic (exact) mass is 248 g/mol. The summed E-state index contributed by atoms with van der Waals surface area (Å²) in [5, 5.41) is 6.16. The van der Waals surface area contributed by atoms with E-state index in [4.69, 9.17) is 0 Å². The van der Waals surface area contributed by atoms with Gasteiger partial charge in [-0.2, -0.15) is 0 Å². The Bertz CT molecular complexity index is 274. The standard InChI is InChI=1S/C7H9BrN2OS/c1-5-10-6(4-12-5)7(11)9-3-2-8/h4H,2-3H2,1H3,(H,9,11). The van der Waals surface area contributed by atoms with Crippen LogP contribution in [0.15, 0.2) is 5.38 Å². The minimum atomic E-state index is -0.0983. The maximum absolute atomic E-state index is 11.2. The third-order valence-corrected chi connectivity index (χ3v) is 2.40. The molecule has 1 amide bonds. The lowest BCUT2D eigenvalue weighted by Gasteiger charge is -1.97. The SMILES string of the molecule is Cc1nc(C(=O)NCCBr)cs1. The summed E-state index contributed by atoms with van der Waals surface area (Å²) in [6.07, 6.45) is 0. The van der Waals surface area contributed by atoms with E-state index >= 15 is 0 Å². The Balaban J connectivity index is 2.53. The van der Waals surface area contributed by atoms with Crippen molar-refractivity contribution in [3.63, 3.8) is 0 Å². The molecule has 1 heterocycles. The van der Waals surface area contributed by atoms with E-state index in [-0.39, 0.29) is 5.91 Å². The van der Waals surface area contributed by atoms with Crippen molar-refractivity contribution in [1.82, 2.24) is 10.3 Å². The molecule has 3 nitrogen and oxygen atoms in total. The number of amides is 1. The second-order valence-corrected chi connectivity index (χ2v) is 4.05. The fraction of sp³-hybridized carbons (Fsp3) is 0.429. The summed E-state index contributed by atoms with van der Waals surface area (Å²) in [6.45, 7) is 2.52. The van der Waals surface area contributed by atoms with Crippen molar-refractivity contribution in [2.75, 3.05) is 11.9 Å². The first-order valence-corrected chi connectivity index (χ1v) is 5.50. The second kappa shape index (κ2) is 4.57. The number of nitrogens with zero attached hydrogens (tertiary/aromatic N) is 1. The number of hydrogen-bond donors (Lipinski definition) is 1. The molecule has 0 unspecified atom stereocenters. The van der Waals surface area contributed by atoms with E-state index in [0.717, 1.165) is 10.3 Å². The van der Waals surface area contributed by atoms with Crippen LogP contribution in [0.4, 0.5) is 0 Å². The van der Waals surface area contributed by atoms with Gasteiger partial charge in [-0.3, -0.25) is 4.79 Å². The zero-order valence-electron chi connectivity index (χ0n) is 6.63. The summed E-state index contributed by atoms with van der Waals surface area (Å²) in [5.74, 6) is -0.0983. The molecule has 0 aliphatic rings. The summed E-state index contributed by atoms with van der Waals surface area (Å²) in [5.41, 5.74) is 0.512. The van der Waals surface area contributed by atoms with Crippen LogP contribution < -0.4 is 5.32 Å². The number of alkyl halides is 1. The van der Waals surface area contributed by atoms with Crippen molar-refractivity contribution in [3.05, 3.63) is 16.1 Å². The Morgan fingerprint density at radius 1 is 1.83 bits per heavy atom. The van der Waals surface area contributed by atoms with Crippen molar-refractivity contribution in [3.8, 4) is 0 Å². The van der Waals surface area contributed by atoms with Crippen LogP contribution in [-0.2, 0) is 0 Å². The molecule has 0 saturated heterocycles. The van der Waals surface area contributed by atoms with Crippen molar-refractivity contribution in [1.29, 1.82) is 0 Å². The summed E-state index contributed by atoms with van der Waals surface area (Å²) in [4.78, 5) is 15.3. The van der Waals surface area contributed by atoms with E-state index in [1.54, 1.807) is 5.38 Å². The number of aryl methyl sites for hydroxylation is 1. The predicted octanol–water partition coefficient (Wildman–Crippen LogP) is 1.58. The molecule has 0 atom stereocenters. The average molecular weight is 249 g/mol. The lowest BCUT2D eigenvalue weighted by Crippen LogP contribution is -2.25. The van der Waals surface area contributed by atoms with Gasteiger partial charge in [0.15, 0.2) is 0 Å². The molecule has 1 aromatic heterocycles. The molecule has 0 spiro atoms. The molecule has 1 N–H and O–H groups in total. The highest BCUT2D eigenvalue weighted by Crippen LogP contribution is 2.07. The lowest BCUT2D eigenvalue weighted by atomic mass is 10.4. The van der Waals surface area contributed by atoms with E-state index in [1.807, 2.05) is 6.92 Å². The van der Waals surface area contributed by atoms with Gasteiger partial charge in [0.25, 0.3) is 5.91 Å². The summed E-state index contributed by atoms with van der Waals surface area (Å²) in [6, 6.07) is 0. The van der Waals surface area contributed by atoms with Crippen molar-refractivity contribution in [2.24, 2.45) is 0 Å². The maximum atomic E-state index is 11.2. The van der Waals surface area contributed by atoms with Gasteiger partial charge in [0.05, 0.1) is 5.01 Å². The van der Waals surface area contributed by atoms with Crippen molar-refractivity contribution >= 4 is 33.2 Å². The van der Waals surface area contributed by atoms with Gasteiger partial charge >= 0.3 is 0 Å². The zero-order chi connectivity index (χ0) is 8.97. The van der Waals surface area contributed by atoms with E-state index in [1.165, 1.54) is 11.3 Å². The lowest BCUT2D eigenvalue weighted by molar-refractivity contribution is 0.0952. The largest absolute Gasteiger partial charge is 0.350 e. The number of rotatable bonds is 3. The Morgan fingerprint density at radius 3 is 3.08 bits per heavy atom. The van der Waals surface area contributed by atoms with Crippen LogP contribution in [0.1, 0.15) is 15.5 Å². The molecule has 0 bridgehead atoms. The Labute approximate surface area is 83.3 Å². The number of hydrogen-bond acceptors (Lipinski definition) is 3. The van der Waals surface area contributed by atoms with Gasteiger partial charge in [-0.25, -0.2) is 4.98 Å². The van der Waals surface area contributed by atoms with Crippen molar-refractivity contribution in [2.45, 2.75) is 6.92 Å². The van der Waals surface area contributed by atoms with Gasteiger partial charge in [-0.05, 0) is 6.92 Å². The second-order valence-electron chi connectivity index (χ2n) is 2.20. The first kappa shape index (κ1) is 9.67.